The van der Waals surface area contributed by atoms with Crippen molar-refractivity contribution in [2.45, 2.75) is 6.92 Å². The third kappa shape index (κ3) is 3.47. The first-order valence-electron chi connectivity index (χ1n) is 8.33. The van der Waals surface area contributed by atoms with Gasteiger partial charge < -0.3 is 9.52 Å². The first kappa shape index (κ1) is 17.1. The number of amides is 1. The van der Waals surface area contributed by atoms with E-state index in [2.05, 4.69) is 10.3 Å². The fourth-order valence-corrected chi connectivity index (χ4v) is 3.57. The average molecular weight is 376 g/mol. The largest absolute Gasteiger partial charge is 0.508 e. The number of carbonyl (C=O) groups excluding carboxylic acids is 1. The highest BCUT2D eigenvalue weighted by Crippen LogP contribution is 2.38. The van der Waals surface area contributed by atoms with E-state index < -0.39 is 0 Å². The number of aromatic nitrogens is 1. The van der Waals surface area contributed by atoms with E-state index in [-0.39, 0.29) is 11.7 Å². The Bertz CT molecular complexity index is 1100. The van der Waals surface area contributed by atoms with Crippen molar-refractivity contribution in [1.29, 1.82) is 0 Å². The molecule has 134 valence electrons. The number of carbonyl (C=O) groups is 1. The van der Waals surface area contributed by atoms with Crippen LogP contribution >= 0.6 is 11.3 Å². The van der Waals surface area contributed by atoms with Gasteiger partial charge in [0.2, 0.25) is 17.7 Å². The summed E-state index contributed by atoms with van der Waals surface area (Å²) >= 11 is 1.52. The van der Waals surface area contributed by atoms with Crippen LogP contribution in [0.2, 0.25) is 0 Å². The zero-order chi connectivity index (χ0) is 18.8. The van der Waals surface area contributed by atoms with Crippen LogP contribution < -0.4 is 5.32 Å². The second-order valence-electron chi connectivity index (χ2n) is 5.95. The molecule has 2 aromatic heterocycles. The van der Waals surface area contributed by atoms with Gasteiger partial charge in [-0.1, -0.05) is 36.4 Å². The fourth-order valence-electron chi connectivity index (χ4n) is 2.86. The number of nitrogens with zero attached hydrogens (tertiary/aromatic N) is 1. The summed E-state index contributed by atoms with van der Waals surface area (Å²) in [5, 5.41) is 14.5. The maximum atomic E-state index is 11.6. The molecule has 0 saturated carbocycles. The molecule has 0 atom stereocenters. The summed E-state index contributed by atoms with van der Waals surface area (Å²) < 4.78 is 5.93. The molecule has 4 aromatic rings. The molecule has 0 unspecified atom stereocenters. The molecule has 6 heteroatoms. The highest BCUT2D eigenvalue weighted by atomic mass is 32.1. The summed E-state index contributed by atoms with van der Waals surface area (Å²) in [6.07, 6.45) is 0. The van der Waals surface area contributed by atoms with E-state index in [1.165, 1.54) is 18.3 Å². The molecular weight excluding hydrogens is 360 g/mol. The zero-order valence-electron chi connectivity index (χ0n) is 14.5. The maximum absolute atomic E-state index is 11.6. The van der Waals surface area contributed by atoms with E-state index >= 15 is 0 Å². The van der Waals surface area contributed by atoms with Crippen LogP contribution in [0.1, 0.15) is 6.92 Å². The van der Waals surface area contributed by atoms with Gasteiger partial charge in [0.05, 0.1) is 4.88 Å². The van der Waals surface area contributed by atoms with Crippen molar-refractivity contribution in [3.8, 4) is 38.9 Å². The molecule has 0 aliphatic heterocycles. The molecule has 4 rings (SSSR count). The Morgan fingerprint density at radius 2 is 1.89 bits per heavy atom. The molecule has 0 fully saturated rings. The van der Waals surface area contributed by atoms with Gasteiger partial charge in [-0.3, -0.25) is 10.1 Å². The number of thiophene rings is 1. The van der Waals surface area contributed by atoms with Gasteiger partial charge in [-0.2, -0.15) is 0 Å². The zero-order valence-corrected chi connectivity index (χ0v) is 15.3. The van der Waals surface area contributed by atoms with E-state index in [4.69, 9.17) is 4.42 Å². The number of rotatable bonds is 4. The van der Waals surface area contributed by atoms with Crippen LogP contribution in [0, 0.1) is 0 Å². The van der Waals surface area contributed by atoms with Crippen LogP contribution in [-0.2, 0) is 4.79 Å². The maximum Gasteiger partial charge on any atom is 0.230 e. The second kappa shape index (κ2) is 7.09. The third-order valence-electron chi connectivity index (χ3n) is 3.99. The van der Waals surface area contributed by atoms with E-state index in [9.17, 15) is 9.90 Å². The van der Waals surface area contributed by atoms with Gasteiger partial charge in [0, 0.05) is 12.5 Å². The normalized spacial score (nSPS) is 10.7. The number of phenols is 1. The molecule has 0 spiro atoms. The Labute approximate surface area is 159 Å². The molecule has 0 aliphatic rings. The lowest BCUT2D eigenvalue weighted by Crippen LogP contribution is -2.05. The van der Waals surface area contributed by atoms with Gasteiger partial charge in [0.1, 0.15) is 11.4 Å². The van der Waals surface area contributed by atoms with Crippen molar-refractivity contribution < 1.29 is 14.3 Å². The Morgan fingerprint density at radius 3 is 2.59 bits per heavy atom. The quantitative estimate of drug-likeness (QED) is 0.500. The van der Waals surface area contributed by atoms with Crippen molar-refractivity contribution in [3.05, 3.63) is 66.0 Å². The number of aromatic hydroxyl groups is 1. The van der Waals surface area contributed by atoms with Gasteiger partial charge in [-0.25, -0.2) is 4.98 Å². The Balaban J connectivity index is 1.86. The lowest BCUT2D eigenvalue weighted by molar-refractivity contribution is -0.114. The smallest absolute Gasteiger partial charge is 0.230 e. The Morgan fingerprint density at radius 1 is 1.07 bits per heavy atom. The highest BCUT2D eigenvalue weighted by Gasteiger charge is 2.20. The highest BCUT2D eigenvalue weighted by molar-refractivity contribution is 7.13. The van der Waals surface area contributed by atoms with Crippen LogP contribution in [-0.4, -0.2) is 16.0 Å². The minimum Gasteiger partial charge on any atom is -0.508 e. The van der Waals surface area contributed by atoms with Crippen molar-refractivity contribution in [1.82, 2.24) is 4.98 Å². The van der Waals surface area contributed by atoms with Crippen LogP contribution in [0.5, 0.6) is 5.75 Å². The molecule has 0 aliphatic carbocycles. The first-order chi connectivity index (χ1) is 13.1. The number of hydrogen-bond donors (Lipinski definition) is 2. The van der Waals surface area contributed by atoms with Crippen molar-refractivity contribution >= 4 is 23.1 Å². The van der Waals surface area contributed by atoms with E-state index in [1.807, 2.05) is 47.8 Å². The molecule has 2 N–H and O–H groups in total. The van der Waals surface area contributed by atoms with Crippen molar-refractivity contribution in [2.24, 2.45) is 0 Å². The Hall–Kier alpha value is -3.38. The van der Waals surface area contributed by atoms with Gasteiger partial charge in [-0.15, -0.1) is 11.3 Å². The number of phenolic OH excluding ortho intramolecular Hbond substituents is 1. The number of nitrogens with one attached hydrogen (secondary N) is 1. The van der Waals surface area contributed by atoms with Crippen molar-refractivity contribution in [2.75, 3.05) is 5.32 Å². The molecule has 2 heterocycles. The third-order valence-corrected chi connectivity index (χ3v) is 4.86. The van der Waals surface area contributed by atoms with Crippen LogP contribution in [0.15, 0.2) is 70.5 Å². The van der Waals surface area contributed by atoms with E-state index in [0.717, 1.165) is 21.6 Å². The monoisotopic (exact) mass is 376 g/mol. The summed E-state index contributed by atoms with van der Waals surface area (Å²) in [5.41, 5.74) is 3.10. The predicted molar refractivity (Wildman–Crippen MR) is 107 cm³/mol. The summed E-state index contributed by atoms with van der Waals surface area (Å²) in [6, 6.07) is 18.5. The lowest BCUT2D eigenvalue weighted by atomic mass is 9.99. The molecule has 0 saturated heterocycles. The second-order valence-corrected chi connectivity index (χ2v) is 6.90. The van der Waals surface area contributed by atoms with Crippen LogP contribution in [0.25, 0.3) is 33.2 Å². The Kier molecular flexibility index (Phi) is 4.48. The summed E-state index contributed by atoms with van der Waals surface area (Å²) in [5.74, 6) is 0.691. The minimum absolute atomic E-state index is 0.188. The van der Waals surface area contributed by atoms with Crippen LogP contribution in [0.3, 0.4) is 0 Å². The number of oxazole rings is 1. The topological polar surface area (TPSA) is 75.4 Å². The van der Waals surface area contributed by atoms with Gasteiger partial charge in [0.25, 0.3) is 0 Å². The standard InChI is InChI=1S/C21H16N2O3S/c1-13(24)22-21-19(18-10-5-11-27-18)23-20(26-21)17-9-3-2-8-16(17)14-6-4-7-15(25)12-14/h2-12,25H,1H3,(H,22,24). The minimum atomic E-state index is -0.225. The van der Waals surface area contributed by atoms with Gasteiger partial charge in [-0.05, 0) is 40.8 Å². The SMILES string of the molecule is CC(=O)Nc1oc(-c2ccccc2-c2cccc(O)c2)nc1-c1cccs1. The molecule has 0 radical (unpaired) electrons. The fraction of sp³-hybridized carbons (Fsp3) is 0.0476. The van der Waals surface area contributed by atoms with E-state index in [0.29, 0.717) is 17.5 Å². The molecule has 5 nitrogen and oxygen atoms in total. The summed E-state index contributed by atoms with van der Waals surface area (Å²) in [4.78, 5) is 17.1. The molecule has 1 amide bonds. The summed E-state index contributed by atoms with van der Waals surface area (Å²) in [6.45, 7) is 1.43. The molecular formula is C21H16N2O3S. The number of anilines is 1. The first-order valence-corrected chi connectivity index (χ1v) is 9.21. The number of hydrogen-bond acceptors (Lipinski definition) is 5. The molecule has 27 heavy (non-hydrogen) atoms. The van der Waals surface area contributed by atoms with Gasteiger partial charge >= 0.3 is 0 Å². The van der Waals surface area contributed by atoms with E-state index in [1.54, 1.807) is 18.2 Å². The number of benzene rings is 2. The summed E-state index contributed by atoms with van der Waals surface area (Å²) in [7, 11) is 0. The predicted octanol–water partition coefficient (Wildman–Crippen LogP) is 5.40. The van der Waals surface area contributed by atoms with Crippen LogP contribution in [0.4, 0.5) is 5.88 Å². The average Bonchev–Trinajstić information content (AvgIpc) is 3.31. The molecule has 0 bridgehead atoms. The van der Waals surface area contributed by atoms with Crippen molar-refractivity contribution in [3.63, 3.8) is 0 Å². The lowest BCUT2D eigenvalue weighted by Gasteiger charge is -2.07. The molecule has 2 aromatic carbocycles. The van der Waals surface area contributed by atoms with Gasteiger partial charge in [0.15, 0.2) is 0 Å².